The first-order chi connectivity index (χ1) is 11.0. The third-order valence-electron chi connectivity index (χ3n) is 5.16. The normalized spacial score (nSPS) is 19.8. The highest BCUT2D eigenvalue weighted by Crippen LogP contribution is 2.38. The molecule has 3 rings (SSSR count). The van der Waals surface area contributed by atoms with Gasteiger partial charge in [-0.1, -0.05) is 26.2 Å². The van der Waals surface area contributed by atoms with E-state index < -0.39 is 5.91 Å². The minimum Gasteiger partial charge on any atom is -0.337 e. The molecule has 6 heteroatoms. The Kier molecular flexibility index (Phi) is 4.35. The molecule has 124 valence electrons. The molecule has 0 aromatic carbocycles. The molecule has 6 nitrogen and oxygen atoms in total. The van der Waals surface area contributed by atoms with Crippen LogP contribution in [0.3, 0.4) is 0 Å². The fourth-order valence-electron chi connectivity index (χ4n) is 3.72. The van der Waals surface area contributed by atoms with Gasteiger partial charge in [-0.15, -0.1) is 0 Å². The second kappa shape index (κ2) is 6.28. The van der Waals surface area contributed by atoms with E-state index in [1.165, 1.54) is 12.6 Å². The number of hydrogen-bond donors (Lipinski definition) is 2. The molecule has 0 unspecified atom stereocenters. The minimum absolute atomic E-state index is 0.222. The maximum atomic E-state index is 12.9. The van der Waals surface area contributed by atoms with Crippen LogP contribution < -0.4 is 5.48 Å². The summed E-state index contributed by atoms with van der Waals surface area (Å²) in [5.74, 6) is -0.358. The molecule has 1 saturated carbocycles. The quantitative estimate of drug-likeness (QED) is 0.646. The average Bonchev–Trinajstić information content (AvgIpc) is 2.60. The van der Waals surface area contributed by atoms with E-state index in [0.717, 1.165) is 36.9 Å². The molecule has 23 heavy (non-hydrogen) atoms. The van der Waals surface area contributed by atoms with Crippen molar-refractivity contribution >= 4 is 11.8 Å². The predicted octanol–water partition coefficient (Wildman–Crippen LogP) is 2.06. The largest absolute Gasteiger partial charge is 0.337 e. The first-order valence-corrected chi connectivity index (χ1v) is 8.25. The van der Waals surface area contributed by atoms with Crippen LogP contribution in [0.5, 0.6) is 0 Å². The number of nitrogens with zero attached hydrogens (tertiary/aromatic N) is 2. The van der Waals surface area contributed by atoms with Crippen molar-refractivity contribution in [1.82, 2.24) is 15.4 Å². The Balaban J connectivity index is 1.78. The van der Waals surface area contributed by atoms with E-state index in [0.29, 0.717) is 25.1 Å². The second-order valence-electron chi connectivity index (χ2n) is 6.87. The highest BCUT2D eigenvalue weighted by molar-refractivity contribution is 5.93. The van der Waals surface area contributed by atoms with Crippen LogP contribution >= 0.6 is 0 Å². The van der Waals surface area contributed by atoms with Gasteiger partial charge >= 0.3 is 0 Å². The van der Waals surface area contributed by atoms with Crippen molar-refractivity contribution in [1.29, 1.82) is 0 Å². The third kappa shape index (κ3) is 3.08. The summed E-state index contributed by atoms with van der Waals surface area (Å²) in [6, 6.07) is 1.72. The number of aromatic nitrogens is 1. The molecule has 2 heterocycles. The first-order valence-electron chi connectivity index (χ1n) is 8.25. The molecule has 1 fully saturated rings. The van der Waals surface area contributed by atoms with Crippen LogP contribution in [0.2, 0.25) is 0 Å². The maximum Gasteiger partial charge on any atom is 0.276 e. The van der Waals surface area contributed by atoms with Crippen LogP contribution in [0.4, 0.5) is 0 Å². The van der Waals surface area contributed by atoms with Crippen LogP contribution in [-0.2, 0) is 17.8 Å². The Morgan fingerprint density at radius 1 is 1.30 bits per heavy atom. The number of hydrogen-bond acceptors (Lipinski definition) is 4. The van der Waals surface area contributed by atoms with Crippen LogP contribution in [0.1, 0.15) is 60.6 Å². The zero-order chi connectivity index (χ0) is 16.4. The summed E-state index contributed by atoms with van der Waals surface area (Å²) >= 11 is 0. The van der Waals surface area contributed by atoms with Crippen LogP contribution in [0.25, 0.3) is 0 Å². The summed E-state index contributed by atoms with van der Waals surface area (Å²) in [5, 5.41) is 8.74. The summed E-state index contributed by atoms with van der Waals surface area (Å²) < 4.78 is 0. The maximum absolute atomic E-state index is 12.9. The number of pyridine rings is 1. The number of rotatable bonds is 2. The van der Waals surface area contributed by atoms with Crippen molar-refractivity contribution in [3.8, 4) is 0 Å². The number of carbonyl (C=O) groups is 2. The number of amides is 2. The van der Waals surface area contributed by atoms with Gasteiger partial charge in [0.25, 0.3) is 5.91 Å². The highest BCUT2D eigenvalue weighted by Gasteiger charge is 2.38. The molecule has 1 aromatic heterocycles. The minimum atomic E-state index is -0.581. The van der Waals surface area contributed by atoms with E-state index in [-0.39, 0.29) is 11.3 Å². The molecule has 1 aromatic rings. The first kappa shape index (κ1) is 15.9. The molecule has 0 bridgehead atoms. The number of carbonyl (C=O) groups excluding carboxylic acids is 2. The van der Waals surface area contributed by atoms with Crippen molar-refractivity contribution in [3.63, 3.8) is 0 Å². The Morgan fingerprint density at radius 3 is 2.74 bits per heavy atom. The molecular formula is C17H23N3O3. The molecular weight excluding hydrogens is 294 g/mol. The lowest BCUT2D eigenvalue weighted by Gasteiger charge is -2.39. The van der Waals surface area contributed by atoms with Crippen molar-refractivity contribution in [2.24, 2.45) is 5.41 Å². The van der Waals surface area contributed by atoms with Gasteiger partial charge in [-0.3, -0.25) is 19.8 Å². The zero-order valence-corrected chi connectivity index (χ0v) is 13.5. The molecule has 1 aliphatic heterocycles. The van der Waals surface area contributed by atoms with Gasteiger partial charge in [0.1, 0.15) is 0 Å². The van der Waals surface area contributed by atoms with E-state index in [1.54, 1.807) is 11.5 Å². The Hall–Kier alpha value is -1.95. The monoisotopic (exact) mass is 317 g/mol. The van der Waals surface area contributed by atoms with Gasteiger partial charge in [0.05, 0.1) is 5.56 Å². The molecule has 0 atom stereocenters. The molecule has 1 aliphatic carbocycles. The summed E-state index contributed by atoms with van der Waals surface area (Å²) in [5.41, 5.74) is 3.50. The zero-order valence-electron chi connectivity index (χ0n) is 13.5. The number of nitrogens with one attached hydrogen (secondary N) is 1. The lowest BCUT2D eigenvalue weighted by Crippen LogP contribution is -2.45. The van der Waals surface area contributed by atoms with Gasteiger partial charge in [-0.25, -0.2) is 5.48 Å². The van der Waals surface area contributed by atoms with E-state index in [4.69, 9.17) is 5.21 Å². The highest BCUT2D eigenvalue weighted by atomic mass is 16.5. The SMILES string of the molecule is CC1(C(=O)N2CCc3ncc(C(=O)NO)cc3C2)CCCCC1. The number of hydroxylamine groups is 1. The smallest absolute Gasteiger partial charge is 0.276 e. The standard InChI is InChI=1S/C17H23N3O3/c1-17(6-3-2-4-7-17)16(22)20-8-5-14-13(11-20)9-12(10-18-14)15(21)19-23/h9-10,23H,2-8,11H2,1H3,(H,19,21). The fourth-order valence-corrected chi connectivity index (χ4v) is 3.72. The Bertz CT molecular complexity index is 624. The average molecular weight is 317 g/mol. The fraction of sp³-hybridized carbons (Fsp3) is 0.588. The van der Waals surface area contributed by atoms with Crippen molar-refractivity contribution in [3.05, 3.63) is 29.1 Å². The van der Waals surface area contributed by atoms with Gasteiger partial charge in [0.15, 0.2) is 0 Å². The van der Waals surface area contributed by atoms with E-state index >= 15 is 0 Å². The Labute approximate surface area is 135 Å². The van der Waals surface area contributed by atoms with Crippen molar-refractivity contribution < 1.29 is 14.8 Å². The van der Waals surface area contributed by atoms with E-state index in [2.05, 4.69) is 11.9 Å². The van der Waals surface area contributed by atoms with E-state index in [1.807, 2.05) is 4.90 Å². The molecule has 2 amide bonds. The topological polar surface area (TPSA) is 82.5 Å². The Morgan fingerprint density at radius 2 is 2.04 bits per heavy atom. The van der Waals surface area contributed by atoms with E-state index in [9.17, 15) is 9.59 Å². The molecule has 2 aliphatic rings. The molecule has 0 radical (unpaired) electrons. The molecule has 0 spiro atoms. The second-order valence-corrected chi connectivity index (χ2v) is 6.87. The number of fused-ring (bicyclic) bond motifs is 1. The summed E-state index contributed by atoms with van der Waals surface area (Å²) in [7, 11) is 0. The summed E-state index contributed by atoms with van der Waals surface area (Å²) in [6.45, 7) is 3.25. The predicted molar refractivity (Wildman–Crippen MR) is 83.8 cm³/mol. The molecule has 0 saturated heterocycles. The van der Waals surface area contributed by atoms with Gasteiger partial charge in [0.2, 0.25) is 5.91 Å². The van der Waals surface area contributed by atoms with Crippen molar-refractivity contribution in [2.75, 3.05) is 6.54 Å². The summed E-state index contributed by atoms with van der Waals surface area (Å²) in [4.78, 5) is 30.7. The van der Waals surface area contributed by atoms with Crippen molar-refractivity contribution in [2.45, 2.75) is 52.0 Å². The lowest BCUT2D eigenvalue weighted by molar-refractivity contribution is -0.144. The molecule has 2 N–H and O–H groups in total. The van der Waals surface area contributed by atoms with Crippen LogP contribution in [0, 0.1) is 5.41 Å². The van der Waals surface area contributed by atoms with Crippen LogP contribution in [0.15, 0.2) is 12.3 Å². The van der Waals surface area contributed by atoms with Crippen LogP contribution in [-0.4, -0.2) is 33.5 Å². The van der Waals surface area contributed by atoms with Gasteiger partial charge < -0.3 is 4.90 Å². The summed E-state index contributed by atoms with van der Waals surface area (Å²) in [6.07, 6.45) is 7.54. The third-order valence-corrected chi connectivity index (χ3v) is 5.16. The lowest BCUT2D eigenvalue weighted by atomic mass is 9.74. The van der Waals surface area contributed by atoms with Gasteiger partial charge in [-0.05, 0) is 24.5 Å². The van der Waals surface area contributed by atoms with Gasteiger partial charge in [-0.2, -0.15) is 0 Å². The van der Waals surface area contributed by atoms with Gasteiger partial charge in [0, 0.05) is 36.8 Å².